The van der Waals surface area contributed by atoms with Crippen molar-refractivity contribution in [2.24, 2.45) is 0 Å². The van der Waals surface area contributed by atoms with Crippen LogP contribution in [0.5, 0.6) is 5.75 Å². The minimum absolute atomic E-state index is 0.0280. The van der Waals surface area contributed by atoms with Gasteiger partial charge in [-0.3, -0.25) is 4.90 Å². The molecular weight excluding hydrogens is 474 g/mol. The number of anilines is 1. The average Bonchev–Trinajstić information content (AvgIpc) is 3.41. The second kappa shape index (κ2) is 8.68. The molecule has 0 saturated carbocycles. The molecular formula is C29H26F2N4O2. The molecule has 2 fully saturated rings. The number of hydrogen-bond acceptors (Lipinski definition) is 5. The summed E-state index contributed by atoms with van der Waals surface area (Å²) in [5.74, 6) is 0.137. The minimum Gasteiger partial charge on any atom is -0.488 e. The first-order valence-corrected chi connectivity index (χ1v) is 12.6. The number of ether oxygens (including phenoxy) is 2. The number of halogens is 2. The summed E-state index contributed by atoms with van der Waals surface area (Å²) in [6, 6.07) is 16.1. The van der Waals surface area contributed by atoms with Gasteiger partial charge in [-0.15, -0.1) is 0 Å². The average molecular weight is 501 g/mol. The number of imidazole rings is 1. The van der Waals surface area contributed by atoms with Gasteiger partial charge in [-0.05, 0) is 59.5 Å². The minimum atomic E-state index is -0.401. The molecule has 188 valence electrons. The van der Waals surface area contributed by atoms with Crippen molar-refractivity contribution in [3.05, 3.63) is 88.5 Å². The molecule has 3 aliphatic rings. The Labute approximate surface area is 212 Å². The predicted molar refractivity (Wildman–Crippen MR) is 138 cm³/mol. The number of nitrogens with zero attached hydrogens (tertiary/aromatic N) is 3. The topological polar surface area (TPSA) is 65.5 Å². The second-order valence-corrected chi connectivity index (χ2v) is 9.95. The SMILES string of the molecule is Nc1nc2cc(/C=C3/c4ccc(F)cc4OCc4c(F)cccc43)ccc2n1C1C[C@@H]2COCCN2C1. The predicted octanol–water partition coefficient (Wildman–Crippen LogP) is 5.02. The molecule has 3 aliphatic heterocycles. The van der Waals surface area contributed by atoms with Gasteiger partial charge in [0.15, 0.2) is 0 Å². The molecule has 6 nitrogen and oxygen atoms in total. The van der Waals surface area contributed by atoms with Crippen LogP contribution in [0.2, 0.25) is 0 Å². The lowest BCUT2D eigenvalue weighted by molar-refractivity contribution is 0.0128. The van der Waals surface area contributed by atoms with Gasteiger partial charge in [0.1, 0.15) is 24.0 Å². The van der Waals surface area contributed by atoms with Crippen molar-refractivity contribution >= 4 is 28.6 Å². The maximum Gasteiger partial charge on any atom is 0.201 e. The maximum absolute atomic E-state index is 14.8. The van der Waals surface area contributed by atoms with Crippen molar-refractivity contribution in [2.75, 3.05) is 32.0 Å². The monoisotopic (exact) mass is 500 g/mol. The summed E-state index contributed by atoms with van der Waals surface area (Å²) in [4.78, 5) is 7.16. The molecule has 0 amide bonds. The van der Waals surface area contributed by atoms with Crippen LogP contribution in [0.1, 0.15) is 34.7 Å². The van der Waals surface area contributed by atoms with Gasteiger partial charge in [0.05, 0.1) is 30.3 Å². The Morgan fingerprint density at radius 2 is 1.95 bits per heavy atom. The summed E-state index contributed by atoms with van der Waals surface area (Å²) >= 11 is 0. The number of benzene rings is 3. The van der Waals surface area contributed by atoms with E-state index in [1.165, 1.54) is 18.2 Å². The van der Waals surface area contributed by atoms with E-state index in [2.05, 4.69) is 14.5 Å². The molecule has 4 heterocycles. The third kappa shape index (κ3) is 3.79. The molecule has 7 rings (SSSR count). The number of morpholine rings is 1. The van der Waals surface area contributed by atoms with E-state index in [4.69, 9.17) is 15.2 Å². The summed E-state index contributed by atoms with van der Waals surface area (Å²) in [5, 5.41) is 0. The molecule has 0 spiro atoms. The molecule has 3 aromatic carbocycles. The van der Waals surface area contributed by atoms with Crippen LogP contribution in [0.3, 0.4) is 0 Å². The molecule has 1 aromatic heterocycles. The summed E-state index contributed by atoms with van der Waals surface area (Å²) in [6.45, 7) is 3.45. The van der Waals surface area contributed by atoms with Crippen molar-refractivity contribution in [3.8, 4) is 5.75 Å². The smallest absolute Gasteiger partial charge is 0.201 e. The van der Waals surface area contributed by atoms with E-state index in [1.807, 2.05) is 30.3 Å². The van der Waals surface area contributed by atoms with Gasteiger partial charge in [0.2, 0.25) is 5.95 Å². The Morgan fingerprint density at radius 1 is 1.03 bits per heavy atom. The zero-order chi connectivity index (χ0) is 25.1. The summed E-state index contributed by atoms with van der Waals surface area (Å²) < 4.78 is 42.4. The van der Waals surface area contributed by atoms with Gasteiger partial charge in [-0.25, -0.2) is 13.8 Å². The van der Waals surface area contributed by atoms with Gasteiger partial charge in [-0.2, -0.15) is 0 Å². The highest BCUT2D eigenvalue weighted by Crippen LogP contribution is 2.40. The Morgan fingerprint density at radius 3 is 2.84 bits per heavy atom. The number of aromatic nitrogens is 2. The van der Waals surface area contributed by atoms with Crippen LogP contribution in [0.4, 0.5) is 14.7 Å². The van der Waals surface area contributed by atoms with Gasteiger partial charge in [0, 0.05) is 36.3 Å². The van der Waals surface area contributed by atoms with Crippen LogP contribution >= 0.6 is 0 Å². The van der Waals surface area contributed by atoms with Crippen LogP contribution in [0.15, 0.2) is 54.6 Å². The number of nitrogens with two attached hydrogens (primary N) is 1. The molecule has 0 aliphatic carbocycles. The lowest BCUT2D eigenvalue weighted by atomic mass is 9.92. The molecule has 0 bridgehead atoms. The van der Waals surface area contributed by atoms with Crippen LogP contribution in [0, 0.1) is 11.6 Å². The summed E-state index contributed by atoms with van der Waals surface area (Å²) in [7, 11) is 0. The first-order chi connectivity index (χ1) is 18.0. The fourth-order valence-corrected chi connectivity index (χ4v) is 6.01. The van der Waals surface area contributed by atoms with Gasteiger partial charge >= 0.3 is 0 Å². The molecule has 2 atom stereocenters. The second-order valence-electron chi connectivity index (χ2n) is 9.95. The van der Waals surface area contributed by atoms with Crippen LogP contribution in [-0.2, 0) is 11.3 Å². The van der Waals surface area contributed by atoms with E-state index in [1.54, 1.807) is 12.1 Å². The van der Waals surface area contributed by atoms with E-state index in [9.17, 15) is 8.78 Å². The van der Waals surface area contributed by atoms with E-state index in [0.717, 1.165) is 60.5 Å². The third-order valence-electron chi connectivity index (χ3n) is 7.77. The van der Waals surface area contributed by atoms with Gasteiger partial charge in [-0.1, -0.05) is 18.2 Å². The zero-order valence-corrected chi connectivity index (χ0v) is 20.2. The molecule has 0 radical (unpaired) electrons. The highest BCUT2D eigenvalue weighted by molar-refractivity contribution is 5.96. The van der Waals surface area contributed by atoms with Crippen LogP contribution < -0.4 is 10.5 Å². The highest BCUT2D eigenvalue weighted by Gasteiger charge is 2.36. The number of hydrogen-bond donors (Lipinski definition) is 1. The Balaban J connectivity index is 1.32. The first kappa shape index (κ1) is 22.4. The van der Waals surface area contributed by atoms with Crippen molar-refractivity contribution in [1.82, 2.24) is 14.5 Å². The lowest BCUT2D eigenvalue weighted by Crippen LogP contribution is -2.40. The Bertz CT molecular complexity index is 1550. The van der Waals surface area contributed by atoms with Crippen molar-refractivity contribution in [2.45, 2.75) is 25.1 Å². The van der Waals surface area contributed by atoms with E-state index in [-0.39, 0.29) is 18.5 Å². The van der Waals surface area contributed by atoms with Crippen molar-refractivity contribution in [1.29, 1.82) is 0 Å². The number of rotatable bonds is 2. The fourth-order valence-electron chi connectivity index (χ4n) is 6.01. The van der Waals surface area contributed by atoms with Crippen LogP contribution in [0.25, 0.3) is 22.7 Å². The van der Waals surface area contributed by atoms with Gasteiger partial charge in [0.25, 0.3) is 0 Å². The zero-order valence-electron chi connectivity index (χ0n) is 20.2. The van der Waals surface area contributed by atoms with Crippen molar-refractivity contribution in [3.63, 3.8) is 0 Å². The summed E-state index contributed by atoms with van der Waals surface area (Å²) in [6.07, 6.45) is 2.96. The highest BCUT2D eigenvalue weighted by atomic mass is 19.1. The van der Waals surface area contributed by atoms with Gasteiger partial charge < -0.3 is 19.8 Å². The first-order valence-electron chi connectivity index (χ1n) is 12.6. The third-order valence-corrected chi connectivity index (χ3v) is 7.77. The maximum atomic E-state index is 14.8. The fraction of sp³-hybridized carbons (Fsp3) is 0.276. The summed E-state index contributed by atoms with van der Waals surface area (Å²) in [5.41, 5.74) is 11.7. The largest absolute Gasteiger partial charge is 0.488 e. The van der Waals surface area contributed by atoms with E-state index >= 15 is 0 Å². The van der Waals surface area contributed by atoms with Crippen molar-refractivity contribution < 1.29 is 18.3 Å². The van der Waals surface area contributed by atoms with E-state index in [0.29, 0.717) is 28.9 Å². The molecule has 37 heavy (non-hydrogen) atoms. The van der Waals surface area contributed by atoms with Crippen LogP contribution in [-0.4, -0.2) is 46.8 Å². The molecule has 2 saturated heterocycles. The number of fused-ring (bicyclic) bond motifs is 4. The number of nitrogen functional groups attached to an aromatic ring is 1. The normalized spacial score (nSPS) is 22.4. The Kier molecular flexibility index (Phi) is 5.26. The Hall–Kier alpha value is -3.75. The molecule has 2 N–H and O–H groups in total. The lowest BCUT2D eigenvalue weighted by Gasteiger charge is -2.28. The van der Waals surface area contributed by atoms with E-state index < -0.39 is 5.82 Å². The quantitative estimate of drug-likeness (QED) is 0.419. The molecule has 4 aromatic rings. The molecule has 1 unspecified atom stereocenters. The molecule has 8 heteroatoms. The standard InChI is InChI=1S/C29H26F2N4O2/c30-18-5-6-22-23(21-2-1-3-25(31)24(21)16-37-28(22)12-18)10-17-4-7-27-26(11-17)33-29(32)35(27)19-13-20-15-36-9-8-34(20)14-19/h1-7,10-12,19-20H,8-9,13-16H2,(H2,32,33)/b23-10+/t19?,20-/m1/s1.